The number of carbonyl (C=O) groups excluding carboxylic acids is 7. The van der Waals surface area contributed by atoms with Crippen LogP contribution in [0, 0.1) is 21.7 Å². The lowest BCUT2D eigenvalue weighted by molar-refractivity contribution is -0.126. The first-order chi connectivity index (χ1) is 55.2. The first-order valence-electron chi connectivity index (χ1n) is 39.1. The molecule has 0 aliphatic rings. The van der Waals surface area contributed by atoms with E-state index in [-0.39, 0.29) is 193 Å². The van der Waals surface area contributed by atoms with Crippen LogP contribution in [-0.4, -0.2) is 293 Å². The van der Waals surface area contributed by atoms with Crippen molar-refractivity contribution in [1.82, 2.24) is 92.8 Å². The number of rotatable bonds is 63. The van der Waals surface area contributed by atoms with Crippen LogP contribution in [0.5, 0.6) is 0 Å². The van der Waals surface area contributed by atoms with E-state index < -0.39 is 73.0 Å². The van der Waals surface area contributed by atoms with Crippen molar-refractivity contribution in [2.24, 2.45) is 21.7 Å². The van der Waals surface area contributed by atoms with Gasteiger partial charge < -0.3 is 85.3 Å². The summed E-state index contributed by atoms with van der Waals surface area (Å²) >= 11 is 31.3. The molecule has 0 saturated carbocycles. The summed E-state index contributed by atoms with van der Waals surface area (Å²) in [6, 6.07) is 0. The van der Waals surface area contributed by atoms with Gasteiger partial charge in [0.1, 0.15) is 29.5 Å². The van der Waals surface area contributed by atoms with E-state index in [0.29, 0.717) is 50.1 Å². The summed E-state index contributed by atoms with van der Waals surface area (Å²) < 4.78 is 45.5. The Balaban J connectivity index is 2.31. The third kappa shape index (κ3) is 43.4. The lowest BCUT2D eigenvalue weighted by Crippen LogP contribution is -2.58. The topological polar surface area (TPSA) is 434 Å². The average molecular weight is 2290 g/mol. The largest absolute Gasteiger partial charge is 0.378 e. The minimum atomic E-state index is -1.15. The predicted octanol–water partition coefficient (Wildman–Crippen LogP) is 6.82. The number of alkyl halides is 9. The minimum absolute atomic E-state index is 0.0106. The van der Waals surface area contributed by atoms with Crippen LogP contribution in [0.15, 0.2) is 31.2 Å². The number of nitrogens with zero attached hydrogens (tertiary/aromatic N) is 9. The molecule has 3 aromatic heterocycles. The molecule has 120 heavy (non-hydrogen) atoms. The second-order valence-corrected chi connectivity index (χ2v) is 52.7. The normalized spacial score (nSPS) is 14.2. The highest BCUT2D eigenvalue weighted by Gasteiger charge is 2.43. The lowest BCUT2D eigenvalue weighted by Gasteiger charge is -2.37. The minimum Gasteiger partial charge on any atom is -0.378 e. The van der Waals surface area contributed by atoms with Gasteiger partial charge in [-0.2, -0.15) is 0 Å². The van der Waals surface area contributed by atoms with Gasteiger partial charge in [0.15, 0.2) is 0 Å². The standard InChI is InChI=1S/C76H129Br9N18O17/c1-20-21-113-22-23-114-24-25-115-26-27-116-28-29-117-51-76(45-101-30-52(95-98-101)33-118-48-73(36-86-55(104)64(2,3)77,37-87-56(105)65(4,5)78)38-88-57(106)66(6,7)79,46-102-31-53(96-99-102)34-119-49-74(39-89-58(107)67(8,9)80,40-90-59(108)68(10,11)81)41-91-60(109)69(12,13)82)47-103-32-54(97-100-103)35-120-50-75(42-92-61(110)70(14,15)83,43-93-62(111)71(16,17)84)44-94-63(112)72(18,19)85/h20,30-32,55,58,86,89,104,107H,1,21-29,33-51H2,2-19H3,(H,87,105)(H,88,106)(H,90,108)(H,91,109)(H,92,110)(H,93,111)(H,94,112). The molecule has 0 saturated heterocycles. The zero-order valence-corrected chi connectivity index (χ0v) is 86.7. The summed E-state index contributed by atoms with van der Waals surface area (Å²) in [4.78, 5) is 94.8. The summed E-state index contributed by atoms with van der Waals surface area (Å²) in [7, 11) is 0. The van der Waals surface area contributed by atoms with E-state index in [4.69, 9.17) is 37.9 Å². The fraction of sp³-hybridized carbons (Fsp3) is 0.803. The van der Waals surface area contributed by atoms with Crippen LogP contribution < -0.4 is 47.9 Å². The van der Waals surface area contributed by atoms with Gasteiger partial charge in [-0.25, -0.2) is 0 Å². The van der Waals surface area contributed by atoms with Gasteiger partial charge in [0, 0.05) is 75.1 Å². The maximum Gasteiger partial charge on any atom is 0.236 e. The Kier molecular flexibility index (Phi) is 46.7. The SMILES string of the molecule is C=CCOCCOCCOCCOCCOCC(Cn1cc(COCC(CNC(=O)C(C)(C)Br)(CNC(=O)C(C)(C)Br)CNC(=O)C(C)(C)Br)nn1)(Cn1cc(COCC(CNC(=O)C(C)(C)Br)(CNC(=O)C(C)(C)Br)CNC(O)C(C)(C)Br)nn1)Cn1cc(COCC(CNC(=O)C(C)(C)Br)(CNC(=O)C(C)(C)Br)CNC(O)C(C)(C)Br)nn1. The number of aliphatic hydroxyl groups excluding tert-OH is 2. The maximum atomic E-state index is 13.5. The van der Waals surface area contributed by atoms with Crippen LogP contribution in [0.4, 0.5) is 0 Å². The molecule has 11 N–H and O–H groups in total. The smallest absolute Gasteiger partial charge is 0.236 e. The number of aliphatic hydroxyl groups is 2. The fourth-order valence-electron chi connectivity index (χ4n) is 10.6. The molecule has 7 amide bonds. The Bertz CT molecular complexity index is 3380. The number of hydrogen-bond donors (Lipinski definition) is 11. The van der Waals surface area contributed by atoms with Gasteiger partial charge in [-0.3, -0.25) is 58.2 Å². The molecule has 0 bridgehead atoms. The van der Waals surface area contributed by atoms with Gasteiger partial charge in [0.05, 0.1) is 188 Å². The number of ether oxygens (including phenoxy) is 8. The van der Waals surface area contributed by atoms with E-state index in [1.165, 1.54) is 0 Å². The Morgan fingerprint density at radius 3 is 0.767 bits per heavy atom. The third-order valence-electron chi connectivity index (χ3n) is 18.1. The van der Waals surface area contributed by atoms with Crippen molar-refractivity contribution in [3.63, 3.8) is 0 Å². The van der Waals surface area contributed by atoms with Crippen LogP contribution >= 0.6 is 143 Å². The molecule has 0 spiro atoms. The van der Waals surface area contributed by atoms with Crippen LogP contribution in [-0.2, 0) is 111 Å². The Morgan fingerprint density at radius 1 is 0.342 bits per heavy atom. The van der Waals surface area contributed by atoms with Crippen molar-refractivity contribution in [1.29, 1.82) is 0 Å². The highest BCUT2D eigenvalue weighted by molar-refractivity contribution is 9.11. The molecule has 35 nitrogen and oxygen atoms in total. The van der Waals surface area contributed by atoms with Crippen molar-refractivity contribution >= 4 is 185 Å². The van der Waals surface area contributed by atoms with Crippen molar-refractivity contribution in [2.75, 3.05) is 145 Å². The molecule has 688 valence electrons. The highest BCUT2D eigenvalue weighted by Crippen LogP contribution is 2.31. The molecule has 2 atom stereocenters. The lowest BCUT2D eigenvalue weighted by atomic mass is 9.87. The quantitative estimate of drug-likeness (QED) is 0.0119. The first kappa shape index (κ1) is 111. The van der Waals surface area contributed by atoms with E-state index in [9.17, 15) is 43.8 Å². The van der Waals surface area contributed by atoms with Crippen LogP contribution in [0.3, 0.4) is 0 Å². The molecular weight excluding hydrogens is 2160 g/mol. The number of halogens is 9. The summed E-state index contributed by atoms with van der Waals surface area (Å²) in [6.07, 6.45) is 4.61. The summed E-state index contributed by atoms with van der Waals surface area (Å²) in [5, 5.41) is 77.7. The fourth-order valence-corrected chi connectivity index (χ4v) is 11.9. The molecule has 0 aromatic carbocycles. The van der Waals surface area contributed by atoms with Crippen molar-refractivity contribution in [3.8, 4) is 0 Å². The molecular formula is C76H129Br9N18O17. The van der Waals surface area contributed by atoms with Gasteiger partial charge >= 0.3 is 0 Å². The van der Waals surface area contributed by atoms with Gasteiger partial charge in [0.2, 0.25) is 41.4 Å². The van der Waals surface area contributed by atoms with Gasteiger partial charge in [-0.05, 0) is 125 Å². The molecule has 0 aliphatic heterocycles. The van der Waals surface area contributed by atoms with E-state index in [1.807, 2.05) is 0 Å². The maximum absolute atomic E-state index is 13.5. The van der Waals surface area contributed by atoms with Gasteiger partial charge in [0.25, 0.3) is 0 Å². The van der Waals surface area contributed by atoms with Gasteiger partial charge in [-0.15, -0.1) is 21.9 Å². The van der Waals surface area contributed by atoms with E-state index in [2.05, 4.69) is 229 Å². The second-order valence-electron chi connectivity index (χ2n) is 34.7. The third-order valence-corrected chi connectivity index (χ3v) is 21.5. The number of hydrogen-bond acceptors (Lipinski definition) is 25. The van der Waals surface area contributed by atoms with E-state index in [0.717, 1.165) is 0 Å². The van der Waals surface area contributed by atoms with Crippen LogP contribution in [0.1, 0.15) is 142 Å². The number of aromatic nitrogens is 9. The Hall–Kier alpha value is -2.71. The zero-order chi connectivity index (χ0) is 91.1. The van der Waals surface area contributed by atoms with Crippen molar-refractivity contribution in [3.05, 3.63) is 48.3 Å². The van der Waals surface area contributed by atoms with Crippen LogP contribution in [0.25, 0.3) is 0 Å². The molecule has 44 heteroatoms. The molecule has 0 aliphatic carbocycles. The molecule has 0 fully saturated rings. The Labute approximate surface area is 782 Å². The zero-order valence-electron chi connectivity index (χ0n) is 72.4. The average Bonchev–Trinajstić information content (AvgIpc) is 1.55. The summed E-state index contributed by atoms with van der Waals surface area (Å²) in [6.45, 7) is 36.7. The van der Waals surface area contributed by atoms with E-state index >= 15 is 0 Å². The summed E-state index contributed by atoms with van der Waals surface area (Å²) in [5.74, 6) is -2.39. The number of carbonyl (C=O) groups is 7. The summed E-state index contributed by atoms with van der Waals surface area (Å²) in [5.41, 5.74) is -3.33. The van der Waals surface area contributed by atoms with Crippen molar-refractivity contribution < 1.29 is 81.7 Å². The molecule has 3 heterocycles. The first-order valence-corrected chi connectivity index (χ1v) is 46.2. The number of amides is 7. The molecule has 0 radical (unpaired) electrons. The van der Waals surface area contributed by atoms with Gasteiger partial charge in [-0.1, -0.05) is 165 Å². The van der Waals surface area contributed by atoms with Crippen LogP contribution in [0.2, 0.25) is 0 Å². The molecule has 3 rings (SSSR count). The van der Waals surface area contributed by atoms with E-state index in [1.54, 1.807) is 163 Å². The monoisotopic (exact) mass is 2280 g/mol. The second kappa shape index (κ2) is 50.3. The number of nitrogens with one attached hydrogen (secondary N) is 9. The predicted molar refractivity (Wildman–Crippen MR) is 489 cm³/mol. The Morgan fingerprint density at radius 2 is 0.550 bits per heavy atom. The molecule has 3 aromatic rings. The highest BCUT2D eigenvalue weighted by atomic mass is 79.9. The molecule has 2 unspecified atom stereocenters. The van der Waals surface area contributed by atoms with Crippen molar-refractivity contribution in [2.45, 2.75) is 215 Å².